The van der Waals surface area contributed by atoms with E-state index in [9.17, 15) is 4.79 Å². The van der Waals surface area contributed by atoms with Crippen LogP contribution < -0.4 is 0 Å². The highest BCUT2D eigenvalue weighted by Gasteiger charge is 2.31. The minimum atomic E-state index is -0.573. The van der Waals surface area contributed by atoms with Gasteiger partial charge in [0.2, 0.25) is 0 Å². The van der Waals surface area contributed by atoms with Crippen molar-refractivity contribution < 1.29 is 9.53 Å². The molecule has 0 saturated carbocycles. The van der Waals surface area contributed by atoms with E-state index in [0.29, 0.717) is 11.6 Å². The fraction of sp³-hybridized carbons (Fsp3) is 0.0968. The largest absolute Gasteiger partial charge is 0.461 e. The zero-order chi connectivity index (χ0) is 25.0. The maximum absolute atomic E-state index is 13.1. The number of esters is 1. The molecule has 6 nitrogen and oxygen atoms in total. The molecule has 6 rings (SSSR count). The van der Waals surface area contributed by atoms with Crippen molar-refractivity contribution in [2.45, 2.75) is 19.1 Å². The van der Waals surface area contributed by atoms with Gasteiger partial charge in [-0.05, 0) is 11.6 Å². The summed E-state index contributed by atoms with van der Waals surface area (Å²) < 4.78 is 7.66. The van der Waals surface area contributed by atoms with E-state index in [1.54, 1.807) is 0 Å². The van der Waals surface area contributed by atoms with Crippen molar-refractivity contribution >= 4 is 11.7 Å². The Morgan fingerprint density at radius 3 is 2.08 bits per heavy atom. The Balaban J connectivity index is 1.45. The molecule has 1 aliphatic heterocycles. The Bertz CT molecular complexity index is 1560. The summed E-state index contributed by atoms with van der Waals surface area (Å²) in [6, 6.07) is 37.1. The van der Waals surface area contributed by atoms with E-state index in [1.165, 1.54) is 0 Å². The molecule has 1 unspecified atom stereocenters. The van der Waals surface area contributed by atoms with Gasteiger partial charge in [0.05, 0.1) is 17.8 Å². The first kappa shape index (κ1) is 22.6. The number of carbonyl (C=O) groups is 1. The van der Waals surface area contributed by atoms with Crippen LogP contribution in [-0.2, 0) is 16.1 Å². The molecular weight excluding hydrogens is 460 g/mol. The van der Waals surface area contributed by atoms with Gasteiger partial charge in [-0.3, -0.25) is 14.4 Å². The van der Waals surface area contributed by atoms with Crippen LogP contribution in [0.2, 0.25) is 0 Å². The summed E-state index contributed by atoms with van der Waals surface area (Å²) in [6.45, 7) is 0.212. The number of hydrogen-bond donors (Lipinski definition) is 0. The second kappa shape index (κ2) is 10.0. The maximum atomic E-state index is 13.1. The van der Waals surface area contributed by atoms with Gasteiger partial charge < -0.3 is 4.74 Å². The highest BCUT2D eigenvalue weighted by molar-refractivity contribution is 6.15. The van der Waals surface area contributed by atoms with Crippen molar-refractivity contribution in [2.24, 2.45) is 4.99 Å². The van der Waals surface area contributed by atoms with E-state index in [-0.39, 0.29) is 19.0 Å². The maximum Gasteiger partial charge on any atom is 0.308 e. The molecule has 0 saturated heterocycles. The van der Waals surface area contributed by atoms with Gasteiger partial charge in [0.25, 0.3) is 0 Å². The van der Waals surface area contributed by atoms with Crippen molar-refractivity contribution in [3.8, 4) is 17.1 Å². The Morgan fingerprint density at radius 2 is 1.35 bits per heavy atom. The first-order valence-electron chi connectivity index (χ1n) is 12.2. The number of ether oxygens (including phenoxy) is 1. The van der Waals surface area contributed by atoms with Gasteiger partial charge in [-0.2, -0.15) is 0 Å². The van der Waals surface area contributed by atoms with Crippen LogP contribution in [0.5, 0.6) is 0 Å². The second-order valence-electron chi connectivity index (χ2n) is 8.81. The van der Waals surface area contributed by atoms with E-state index in [4.69, 9.17) is 9.73 Å². The first-order chi connectivity index (χ1) is 18.3. The quantitative estimate of drug-likeness (QED) is 0.279. The van der Waals surface area contributed by atoms with E-state index in [2.05, 4.69) is 16.3 Å². The van der Waals surface area contributed by atoms with Gasteiger partial charge in [0, 0.05) is 16.7 Å². The molecular formula is C31H24N4O2. The number of aliphatic imine (C=N–C) groups is 1. The number of fused-ring (bicyclic) bond motifs is 3. The number of carbonyl (C=O) groups excluding carboxylic acids is 1. The summed E-state index contributed by atoms with van der Waals surface area (Å²) in [4.78, 5) is 18.2. The third kappa shape index (κ3) is 4.57. The summed E-state index contributed by atoms with van der Waals surface area (Å²) in [6.07, 6.45) is 0.0457. The van der Waals surface area contributed by atoms with Crippen LogP contribution in [0.25, 0.3) is 17.1 Å². The molecule has 0 amide bonds. The van der Waals surface area contributed by atoms with Crippen LogP contribution in [0.3, 0.4) is 0 Å². The SMILES string of the molecule is O=C(CC1N=C(c2ccccc2)c2ccccc2-n2c(-c3ccccc3)nnc21)OCc1ccccc1. The molecule has 0 fully saturated rings. The zero-order valence-electron chi connectivity index (χ0n) is 20.1. The minimum absolute atomic E-state index is 0.0457. The number of para-hydroxylation sites is 1. The number of nitrogens with zero attached hydrogens (tertiary/aromatic N) is 4. The first-order valence-corrected chi connectivity index (χ1v) is 12.2. The zero-order valence-corrected chi connectivity index (χ0v) is 20.1. The number of hydrogen-bond acceptors (Lipinski definition) is 5. The number of rotatable bonds is 6. The monoisotopic (exact) mass is 484 g/mol. The van der Waals surface area contributed by atoms with Crippen molar-refractivity contribution in [3.05, 3.63) is 138 Å². The lowest BCUT2D eigenvalue weighted by Gasteiger charge is -2.14. The summed E-state index contributed by atoms with van der Waals surface area (Å²) in [5.41, 5.74) is 5.52. The molecule has 0 N–H and O–H groups in total. The van der Waals surface area contributed by atoms with Gasteiger partial charge in [-0.15, -0.1) is 10.2 Å². The van der Waals surface area contributed by atoms with Crippen LogP contribution in [0, 0.1) is 0 Å². The molecule has 4 aromatic carbocycles. The van der Waals surface area contributed by atoms with E-state index in [0.717, 1.165) is 33.7 Å². The lowest BCUT2D eigenvalue weighted by atomic mass is 10.0. The molecule has 0 bridgehead atoms. The summed E-state index contributed by atoms with van der Waals surface area (Å²) in [5, 5.41) is 9.12. The lowest BCUT2D eigenvalue weighted by molar-refractivity contribution is -0.145. The average molecular weight is 485 g/mol. The standard InChI is InChI=1S/C31H24N4O2/c36-28(37-21-22-12-4-1-5-13-22)20-26-31-34-33-30(24-16-8-3-9-17-24)35(31)27-19-11-10-18-25(27)29(32-26)23-14-6-2-7-15-23/h1-19,26H,20-21H2. The minimum Gasteiger partial charge on any atom is -0.461 e. The summed E-state index contributed by atoms with van der Waals surface area (Å²) in [5.74, 6) is 0.968. The van der Waals surface area contributed by atoms with E-state index in [1.807, 2.05) is 114 Å². The van der Waals surface area contributed by atoms with Crippen LogP contribution >= 0.6 is 0 Å². The van der Waals surface area contributed by atoms with Crippen LogP contribution in [0.4, 0.5) is 0 Å². The normalized spacial score (nSPS) is 14.2. The topological polar surface area (TPSA) is 69.4 Å². The van der Waals surface area contributed by atoms with Crippen LogP contribution in [-0.4, -0.2) is 26.4 Å². The number of aromatic nitrogens is 3. The van der Waals surface area contributed by atoms with Crippen molar-refractivity contribution in [1.82, 2.24) is 14.8 Å². The molecule has 5 aromatic rings. The molecule has 1 atom stereocenters. The van der Waals surface area contributed by atoms with Crippen molar-refractivity contribution in [1.29, 1.82) is 0 Å². The third-order valence-corrected chi connectivity index (χ3v) is 6.35. The molecule has 37 heavy (non-hydrogen) atoms. The predicted octanol–water partition coefficient (Wildman–Crippen LogP) is 5.96. The van der Waals surface area contributed by atoms with Crippen molar-refractivity contribution in [2.75, 3.05) is 0 Å². The Morgan fingerprint density at radius 1 is 0.730 bits per heavy atom. The van der Waals surface area contributed by atoms with Crippen LogP contribution in [0.1, 0.15) is 35.0 Å². The summed E-state index contributed by atoms with van der Waals surface area (Å²) in [7, 11) is 0. The van der Waals surface area contributed by atoms with Crippen molar-refractivity contribution in [3.63, 3.8) is 0 Å². The fourth-order valence-electron chi connectivity index (χ4n) is 4.59. The van der Waals surface area contributed by atoms with E-state index >= 15 is 0 Å². The smallest absolute Gasteiger partial charge is 0.308 e. The van der Waals surface area contributed by atoms with Gasteiger partial charge in [-0.1, -0.05) is 109 Å². The van der Waals surface area contributed by atoms with Gasteiger partial charge in [0.15, 0.2) is 11.6 Å². The predicted molar refractivity (Wildman–Crippen MR) is 142 cm³/mol. The molecule has 180 valence electrons. The van der Waals surface area contributed by atoms with Crippen LogP contribution in [0.15, 0.2) is 120 Å². The molecule has 0 spiro atoms. The van der Waals surface area contributed by atoms with E-state index < -0.39 is 6.04 Å². The number of benzene rings is 4. The van der Waals surface area contributed by atoms with Gasteiger partial charge in [0.1, 0.15) is 12.6 Å². The molecule has 6 heteroatoms. The van der Waals surface area contributed by atoms with Gasteiger partial charge in [-0.25, -0.2) is 0 Å². The molecule has 2 heterocycles. The molecule has 1 aliphatic rings. The Kier molecular flexibility index (Phi) is 6.13. The Hall–Kier alpha value is -4.84. The highest BCUT2D eigenvalue weighted by Crippen LogP contribution is 2.35. The summed E-state index contributed by atoms with van der Waals surface area (Å²) >= 11 is 0. The molecule has 0 aliphatic carbocycles. The fourth-order valence-corrected chi connectivity index (χ4v) is 4.59. The Labute approximate surface area is 214 Å². The highest BCUT2D eigenvalue weighted by atomic mass is 16.5. The molecule has 0 radical (unpaired) electrons. The lowest BCUT2D eigenvalue weighted by Crippen LogP contribution is -2.13. The van der Waals surface area contributed by atoms with Gasteiger partial charge >= 0.3 is 5.97 Å². The second-order valence-corrected chi connectivity index (χ2v) is 8.81. The molecule has 1 aromatic heterocycles. The third-order valence-electron chi connectivity index (χ3n) is 6.35. The average Bonchev–Trinajstić information content (AvgIpc) is 3.35.